The van der Waals surface area contributed by atoms with Gasteiger partial charge in [0.1, 0.15) is 5.82 Å². The molecule has 0 aliphatic rings. The zero-order chi connectivity index (χ0) is 19.9. The number of amides is 1. The summed E-state index contributed by atoms with van der Waals surface area (Å²) in [5.74, 6) is 1.52. The number of carbonyl (C=O) groups excluding carboxylic acids is 1. The molecule has 3 aromatic rings. The first-order valence-corrected chi connectivity index (χ1v) is 10.4. The van der Waals surface area contributed by atoms with E-state index in [1.54, 1.807) is 28.6 Å². The van der Waals surface area contributed by atoms with Crippen LogP contribution in [0.3, 0.4) is 0 Å². The van der Waals surface area contributed by atoms with Crippen molar-refractivity contribution < 1.29 is 9.18 Å². The van der Waals surface area contributed by atoms with Gasteiger partial charge in [0.2, 0.25) is 5.91 Å². The standard InChI is InChI=1S/C22H24FN3OS/c1-16-21(17(2)26(25-16)20-10-8-19(23)9-11-20)14-22(27)24-12-13-28-15-18-6-4-3-5-7-18/h3-11H,12-15H2,1-2H3,(H,24,27). The number of benzene rings is 2. The third-order valence-corrected chi connectivity index (χ3v) is 5.56. The lowest BCUT2D eigenvalue weighted by Gasteiger charge is -2.07. The van der Waals surface area contributed by atoms with Crippen LogP contribution in [0.25, 0.3) is 5.69 Å². The van der Waals surface area contributed by atoms with Gasteiger partial charge in [0.15, 0.2) is 0 Å². The van der Waals surface area contributed by atoms with E-state index in [1.165, 1.54) is 17.7 Å². The second-order valence-corrected chi connectivity index (χ2v) is 7.71. The molecule has 0 aliphatic carbocycles. The van der Waals surface area contributed by atoms with E-state index >= 15 is 0 Å². The van der Waals surface area contributed by atoms with Crippen molar-refractivity contribution in [3.63, 3.8) is 0 Å². The van der Waals surface area contributed by atoms with Crippen LogP contribution in [0.2, 0.25) is 0 Å². The summed E-state index contributed by atoms with van der Waals surface area (Å²) < 4.78 is 14.9. The van der Waals surface area contributed by atoms with Crippen molar-refractivity contribution in [2.24, 2.45) is 0 Å². The zero-order valence-corrected chi connectivity index (χ0v) is 16.9. The monoisotopic (exact) mass is 397 g/mol. The van der Waals surface area contributed by atoms with Gasteiger partial charge in [-0.1, -0.05) is 30.3 Å². The molecule has 6 heteroatoms. The molecule has 1 amide bonds. The van der Waals surface area contributed by atoms with Crippen molar-refractivity contribution in [1.29, 1.82) is 0 Å². The Labute approximate surface area is 169 Å². The number of hydrogen-bond donors (Lipinski definition) is 1. The Morgan fingerprint density at radius 3 is 2.54 bits per heavy atom. The average molecular weight is 398 g/mol. The minimum atomic E-state index is -0.282. The molecule has 1 N–H and O–H groups in total. The summed E-state index contributed by atoms with van der Waals surface area (Å²) in [6, 6.07) is 16.5. The molecule has 2 aromatic carbocycles. The number of aryl methyl sites for hydroxylation is 1. The van der Waals surface area contributed by atoms with E-state index in [4.69, 9.17) is 0 Å². The summed E-state index contributed by atoms with van der Waals surface area (Å²) in [4.78, 5) is 12.3. The lowest BCUT2D eigenvalue weighted by Crippen LogP contribution is -2.27. The highest BCUT2D eigenvalue weighted by Crippen LogP contribution is 2.19. The minimum absolute atomic E-state index is 0.00910. The van der Waals surface area contributed by atoms with Crippen molar-refractivity contribution in [3.8, 4) is 5.69 Å². The van der Waals surface area contributed by atoms with Crippen molar-refractivity contribution >= 4 is 17.7 Å². The number of nitrogens with zero attached hydrogens (tertiary/aromatic N) is 2. The number of nitrogens with one attached hydrogen (secondary N) is 1. The Kier molecular flexibility index (Phi) is 6.87. The van der Waals surface area contributed by atoms with Gasteiger partial charge >= 0.3 is 0 Å². The third kappa shape index (κ3) is 5.23. The first-order valence-electron chi connectivity index (χ1n) is 9.24. The Hall–Kier alpha value is -2.60. The van der Waals surface area contributed by atoms with Gasteiger partial charge in [-0.15, -0.1) is 0 Å². The maximum atomic E-state index is 13.1. The van der Waals surface area contributed by atoms with E-state index < -0.39 is 0 Å². The van der Waals surface area contributed by atoms with E-state index in [9.17, 15) is 9.18 Å². The molecule has 0 atom stereocenters. The van der Waals surface area contributed by atoms with Gasteiger partial charge in [0, 0.05) is 29.3 Å². The smallest absolute Gasteiger partial charge is 0.224 e. The molecule has 0 bridgehead atoms. The summed E-state index contributed by atoms with van der Waals surface area (Å²) >= 11 is 1.80. The number of aromatic nitrogens is 2. The highest BCUT2D eigenvalue weighted by molar-refractivity contribution is 7.98. The van der Waals surface area contributed by atoms with Gasteiger partial charge in [-0.3, -0.25) is 4.79 Å². The number of hydrogen-bond acceptors (Lipinski definition) is 3. The predicted molar refractivity (Wildman–Crippen MR) is 112 cm³/mol. The highest BCUT2D eigenvalue weighted by atomic mass is 32.2. The SMILES string of the molecule is Cc1nn(-c2ccc(F)cc2)c(C)c1CC(=O)NCCSCc1ccccc1. The first-order chi connectivity index (χ1) is 13.5. The van der Waals surface area contributed by atoms with Crippen molar-refractivity contribution in [1.82, 2.24) is 15.1 Å². The molecule has 0 saturated heterocycles. The summed E-state index contributed by atoms with van der Waals surface area (Å²) in [6.45, 7) is 4.47. The van der Waals surface area contributed by atoms with Crippen LogP contribution in [0.15, 0.2) is 54.6 Å². The van der Waals surface area contributed by atoms with Crippen LogP contribution in [-0.4, -0.2) is 28.0 Å². The van der Waals surface area contributed by atoms with Crippen LogP contribution in [0.1, 0.15) is 22.5 Å². The molecule has 4 nitrogen and oxygen atoms in total. The molecule has 0 unspecified atom stereocenters. The normalized spacial score (nSPS) is 10.8. The molecule has 0 fully saturated rings. The molecule has 146 valence electrons. The highest BCUT2D eigenvalue weighted by Gasteiger charge is 2.15. The number of carbonyl (C=O) groups is 1. The predicted octanol–water partition coefficient (Wildman–Crippen LogP) is 4.22. The Morgan fingerprint density at radius 1 is 1.11 bits per heavy atom. The second kappa shape index (κ2) is 9.55. The molecule has 1 aromatic heterocycles. The summed E-state index contributed by atoms with van der Waals surface area (Å²) in [7, 11) is 0. The van der Waals surface area contributed by atoms with Crippen molar-refractivity contribution in [2.45, 2.75) is 26.0 Å². The van der Waals surface area contributed by atoms with Gasteiger partial charge in [-0.05, 0) is 43.7 Å². The van der Waals surface area contributed by atoms with Gasteiger partial charge < -0.3 is 5.32 Å². The van der Waals surface area contributed by atoms with E-state index in [0.717, 1.165) is 34.1 Å². The number of thioether (sulfide) groups is 1. The topological polar surface area (TPSA) is 46.9 Å². The summed E-state index contributed by atoms with van der Waals surface area (Å²) in [5, 5.41) is 7.50. The maximum Gasteiger partial charge on any atom is 0.224 e. The maximum absolute atomic E-state index is 13.1. The average Bonchev–Trinajstić information content (AvgIpc) is 2.97. The number of rotatable bonds is 8. The summed E-state index contributed by atoms with van der Waals surface area (Å²) in [6.07, 6.45) is 0.294. The van der Waals surface area contributed by atoms with Crippen molar-refractivity contribution in [2.75, 3.05) is 12.3 Å². The van der Waals surface area contributed by atoms with E-state index in [1.807, 2.05) is 32.0 Å². The Balaban J connectivity index is 1.50. The molecule has 28 heavy (non-hydrogen) atoms. The Morgan fingerprint density at radius 2 is 1.82 bits per heavy atom. The summed E-state index contributed by atoms with van der Waals surface area (Å²) in [5.41, 5.74) is 4.70. The fourth-order valence-electron chi connectivity index (χ4n) is 3.01. The lowest BCUT2D eigenvalue weighted by atomic mass is 10.1. The van der Waals surface area contributed by atoms with Gasteiger partial charge in [0.25, 0.3) is 0 Å². The molecule has 3 rings (SSSR count). The molecule has 0 saturated carbocycles. The quantitative estimate of drug-likeness (QED) is 0.579. The van der Waals surface area contributed by atoms with Crippen molar-refractivity contribution in [3.05, 3.63) is 82.9 Å². The largest absolute Gasteiger partial charge is 0.355 e. The van der Waals surface area contributed by atoms with E-state index in [2.05, 4.69) is 22.5 Å². The molecular weight excluding hydrogens is 373 g/mol. The lowest BCUT2D eigenvalue weighted by molar-refractivity contribution is -0.120. The van der Waals surface area contributed by atoms with Crippen LogP contribution in [0.4, 0.5) is 4.39 Å². The molecular formula is C22H24FN3OS. The third-order valence-electron chi connectivity index (χ3n) is 4.53. The second-order valence-electron chi connectivity index (χ2n) is 6.60. The van der Waals surface area contributed by atoms with E-state index in [0.29, 0.717) is 13.0 Å². The molecule has 0 aliphatic heterocycles. The molecule has 1 heterocycles. The van der Waals surface area contributed by atoms with Crippen LogP contribution < -0.4 is 5.32 Å². The van der Waals surface area contributed by atoms with Gasteiger partial charge in [-0.2, -0.15) is 16.9 Å². The molecule has 0 spiro atoms. The zero-order valence-electron chi connectivity index (χ0n) is 16.1. The van der Waals surface area contributed by atoms with Crippen LogP contribution in [-0.2, 0) is 17.0 Å². The van der Waals surface area contributed by atoms with Crippen LogP contribution in [0, 0.1) is 19.7 Å². The minimum Gasteiger partial charge on any atom is -0.355 e. The van der Waals surface area contributed by atoms with Gasteiger partial charge in [0.05, 0.1) is 17.8 Å². The number of halogens is 1. The molecule has 0 radical (unpaired) electrons. The van der Waals surface area contributed by atoms with Gasteiger partial charge in [-0.25, -0.2) is 9.07 Å². The fraction of sp³-hybridized carbons (Fsp3) is 0.273. The van der Waals surface area contributed by atoms with Crippen LogP contribution in [0.5, 0.6) is 0 Å². The fourth-order valence-corrected chi connectivity index (χ4v) is 3.83. The first kappa shape index (κ1) is 20.1. The Bertz CT molecular complexity index is 923. The van der Waals surface area contributed by atoms with E-state index in [-0.39, 0.29) is 11.7 Å². The van der Waals surface area contributed by atoms with Crippen LogP contribution >= 0.6 is 11.8 Å².